The maximum atomic E-state index is 12.1. The van der Waals surface area contributed by atoms with Crippen LogP contribution in [0.15, 0.2) is 24.3 Å². The number of amides is 1. The molecule has 2 rings (SSSR count). The third kappa shape index (κ3) is 4.21. The molecular formula is C16H22N2O4. The highest BCUT2D eigenvalue weighted by Crippen LogP contribution is 2.22. The Bertz CT molecular complexity index is 523. The highest BCUT2D eigenvalue weighted by Gasteiger charge is 2.25. The summed E-state index contributed by atoms with van der Waals surface area (Å²) in [6.45, 7) is 0.187. The second-order valence-electron chi connectivity index (χ2n) is 5.78. The minimum absolute atomic E-state index is 0.0557. The standard InChI is InChI=1S/C16H22N2O4/c1-18(12-4-2-3-5-12)10-14(20)17-15(16(21)22)11-6-8-13(19)9-7-11/h6-9,12,15,19H,2-5,10H2,1H3,(H,17,20)(H,21,22)/t15-/m1/s1. The highest BCUT2D eigenvalue weighted by atomic mass is 16.4. The first-order valence-corrected chi connectivity index (χ1v) is 7.48. The van der Waals surface area contributed by atoms with Crippen molar-refractivity contribution in [3.05, 3.63) is 29.8 Å². The first-order valence-electron chi connectivity index (χ1n) is 7.48. The number of aliphatic carboxylic acids is 1. The van der Waals surface area contributed by atoms with Gasteiger partial charge in [0, 0.05) is 6.04 Å². The van der Waals surface area contributed by atoms with Gasteiger partial charge in [-0.05, 0) is 37.6 Å². The van der Waals surface area contributed by atoms with E-state index in [1.165, 1.54) is 37.1 Å². The number of benzene rings is 1. The van der Waals surface area contributed by atoms with Gasteiger partial charge >= 0.3 is 5.97 Å². The van der Waals surface area contributed by atoms with Crippen LogP contribution >= 0.6 is 0 Å². The number of hydrogen-bond donors (Lipinski definition) is 3. The maximum absolute atomic E-state index is 12.1. The normalized spacial score (nSPS) is 16.6. The van der Waals surface area contributed by atoms with Crippen LogP contribution in [0.4, 0.5) is 0 Å². The van der Waals surface area contributed by atoms with E-state index in [2.05, 4.69) is 5.32 Å². The van der Waals surface area contributed by atoms with Gasteiger partial charge in [0.15, 0.2) is 6.04 Å². The zero-order valence-corrected chi connectivity index (χ0v) is 12.7. The largest absolute Gasteiger partial charge is 0.508 e. The number of aromatic hydroxyl groups is 1. The fourth-order valence-electron chi connectivity index (χ4n) is 2.86. The molecule has 0 heterocycles. The van der Waals surface area contributed by atoms with E-state index in [0.29, 0.717) is 11.6 Å². The smallest absolute Gasteiger partial charge is 0.330 e. The minimum atomic E-state index is -1.12. The Balaban J connectivity index is 1.96. The molecule has 0 bridgehead atoms. The molecular weight excluding hydrogens is 284 g/mol. The summed E-state index contributed by atoms with van der Waals surface area (Å²) in [7, 11) is 1.89. The highest BCUT2D eigenvalue weighted by molar-refractivity contribution is 5.85. The number of carboxylic acid groups (broad SMARTS) is 1. The van der Waals surface area contributed by atoms with Crippen LogP contribution in [0.1, 0.15) is 37.3 Å². The van der Waals surface area contributed by atoms with E-state index in [1.54, 1.807) is 0 Å². The van der Waals surface area contributed by atoms with Crippen molar-refractivity contribution in [2.45, 2.75) is 37.8 Å². The van der Waals surface area contributed by atoms with Crippen molar-refractivity contribution in [3.8, 4) is 5.75 Å². The average Bonchev–Trinajstić information content (AvgIpc) is 3.00. The van der Waals surface area contributed by atoms with E-state index in [0.717, 1.165) is 12.8 Å². The molecule has 3 N–H and O–H groups in total. The lowest BCUT2D eigenvalue weighted by Gasteiger charge is -2.24. The molecule has 0 aliphatic heterocycles. The summed E-state index contributed by atoms with van der Waals surface area (Å²) in [5.74, 6) is -1.38. The van der Waals surface area contributed by atoms with E-state index in [4.69, 9.17) is 0 Å². The van der Waals surface area contributed by atoms with Crippen LogP contribution in [0.25, 0.3) is 0 Å². The number of likely N-dealkylation sites (N-methyl/N-ethyl adjacent to an activating group) is 1. The Morgan fingerprint density at radius 1 is 1.27 bits per heavy atom. The van der Waals surface area contributed by atoms with Crippen molar-refractivity contribution in [3.63, 3.8) is 0 Å². The number of nitrogens with zero attached hydrogens (tertiary/aromatic N) is 1. The monoisotopic (exact) mass is 306 g/mol. The summed E-state index contributed by atoms with van der Waals surface area (Å²) in [5, 5.41) is 21.1. The van der Waals surface area contributed by atoms with Crippen LogP contribution in [0.2, 0.25) is 0 Å². The van der Waals surface area contributed by atoms with Gasteiger partial charge in [0.1, 0.15) is 5.75 Å². The summed E-state index contributed by atoms with van der Waals surface area (Å²) >= 11 is 0. The van der Waals surface area contributed by atoms with Gasteiger partial charge in [-0.2, -0.15) is 0 Å². The van der Waals surface area contributed by atoms with Crippen molar-refractivity contribution in [2.75, 3.05) is 13.6 Å². The van der Waals surface area contributed by atoms with Crippen LogP contribution in [-0.2, 0) is 9.59 Å². The average molecular weight is 306 g/mol. The van der Waals surface area contributed by atoms with Crippen molar-refractivity contribution in [1.82, 2.24) is 10.2 Å². The number of hydrogen-bond acceptors (Lipinski definition) is 4. The predicted molar refractivity (Wildman–Crippen MR) is 81.5 cm³/mol. The molecule has 1 aliphatic rings. The Kier molecular flexibility index (Phi) is 5.38. The Morgan fingerprint density at radius 2 is 1.86 bits per heavy atom. The van der Waals surface area contributed by atoms with Gasteiger partial charge in [-0.1, -0.05) is 25.0 Å². The molecule has 6 nitrogen and oxygen atoms in total. The lowest BCUT2D eigenvalue weighted by molar-refractivity contribution is -0.142. The number of carboxylic acids is 1. The molecule has 1 amide bonds. The molecule has 0 aromatic heterocycles. The van der Waals surface area contributed by atoms with Gasteiger partial charge in [0.05, 0.1) is 6.54 Å². The lowest BCUT2D eigenvalue weighted by atomic mass is 10.1. The van der Waals surface area contributed by atoms with E-state index < -0.39 is 12.0 Å². The molecule has 0 unspecified atom stereocenters. The van der Waals surface area contributed by atoms with Crippen LogP contribution in [0.3, 0.4) is 0 Å². The summed E-state index contributed by atoms with van der Waals surface area (Å²) in [5.41, 5.74) is 0.433. The molecule has 0 spiro atoms. The number of nitrogens with one attached hydrogen (secondary N) is 1. The van der Waals surface area contributed by atoms with Gasteiger partial charge in [0.25, 0.3) is 0 Å². The topological polar surface area (TPSA) is 89.9 Å². The third-order valence-electron chi connectivity index (χ3n) is 4.12. The fraction of sp³-hybridized carbons (Fsp3) is 0.500. The molecule has 1 aromatic rings. The Labute approximate surface area is 129 Å². The maximum Gasteiger partial charge on any atom is 0.330 e. The first-order chi connectivity index (χ1) is 10.5. The summed E-state index contributed by atoms with van der Waals surface area (Å²) in [6, 6.07) is 5.10. The molecule has 1 saturated carbocycles. The zero-order valence-electron chi connectivity index (χ0n) is 12.7. The van der Waals surface area contributed by atoms with E-state index in [9.17, 15) is 19.8 Å². The van der Waals surface area contributed by atoms with Crippen LogP contribution < -0.4 is 5.32 Å². The molecule has 22 heavy (non-hydrogen) atoms. The third-order valence-corrected chi connectivity index (χ3v) is 4.12. The van der Waals surface area contributed by atoms with Gasteiger partial charge in [-0.15, -0.1) is 0 Å². The molecule has 0 radical (unpaired) electrons. The SMILES string of the molecule is CN(CC(=O)N[C@@H](C(=O)O)c1ccc(O)cc1)C1CCCC1. The molecule has 1 atom stereocenters. The van der Waals surface area contributed by atoms with E-state index in [1.807, 2.05) is 11.9 Å². The number of phenols is 1. The van der Waals surface area contributed by atoms with Crippen LogP contribution in [-0.4, -0.2) is 46.6 Å². The van der Waals surface area contributed by atoms with Gasteiger partial charge in [0.2, 0.25) is 5.91 Å². The zero-order chi connectivity index (χ0) is 16.1. The van der Waals surface area contributed by atoms with Crippen LogP contribution in [0, 0.1) is 0 Å². The summed E-state index contributed by atoms with van der Waals surface area (Å²) in [4.78, 5) is 25.5. The van der Waals surface area contributed by atoms with Crippen molar-refractivity contribution in [1.29, 1.82) is 0 Å². The number of phenolic OH excluding ortho intramolecular Hbond substituents is 1. The second-order valence-corrected chi connectivity index (χ2v) is 5.78. The van der Waals surface area contributed by atoms with Gasteiger partial charge < -0.3 is 15.5 Å². The second kappa shape index (κ2) is 7.26. The van der Waals surface area contributed by atoms with Crippen molar-refractivity contribution >= 4 is 11.9 Å². The van der Waals surface area contributed by atoms with E-state index >= 15 is 0 Å². The lowest BCUT2D eigenvalue weighted by Crippen LogP contribution is -2.42. The summed E-state index contributed by atoms with van der Waals surface area (Å²) < 4.78 is 0. The summed E-state index contributed by atoms with van der Waals surface area (Å²) in [6.07, 6.45) is 4.54. The fourth-order valence-corrected chi connectivity index (χ4v) is 2.86. The van der Waals surface area contributed by atoms with Crippen molar-refractivity contribution in [2.24, 2.45) is 0 Å². The molecule has 1 aliphatic carbocycles. The molecule has 1 aromatic carbocycles. The van der Waals surface area contributed by atoms with E-state index in [-0.39, 0.29) is 18.2 Å². The van der Waals surface area contributed by atoms with Crippen molar-refractivity contribution < 1.29 is 19.8 Å². The quantitative estimate of drug-likeness (QED) is 0.741. The Morgan fingerprint density at radius 3 is 2.41 bits per heavy atom. The molecule has 6 heteroatoms. The Hall–Kier alpha value is -2.08. The number of carbonyl (C=O) groups is 2. The molecule has 0 saturated heterocycles. The first kappa shape index (κ1) is 16.3. The molecule has 120 valence electrons. The van der Waals surface area contributed by atoms with Crippen LogP contribution in [0.5, 0.6) is 5.75 Å². The minimum Gasteiger partial charge on any atom is -0.508 e. The predicted octanol–water partition coefficient (Wildman–Crippen LogP) is 1.51. The number of rotatable bonds is 6. The van der Waals surface area contributed by atoms with Gasteiger partial charge in [-0.25, -0.2) is 4.79 Å². The van der Waals surface area contributed by atoms with Gasteiger partial charge in [-0.3, -0.25) is 9.69 Å². The molecule has 1 fully saturated rings. The number of carbonyl (C=O) groups excluding carboxylic acids is 1.